The van der Waals surface area contributed by atoms with Crippen LogP contribution in [0.15, 0.2) is 35.4 Å². The highest BCUT2D eigenvalue weighted by Crippen LogP contribution is 2.30. The molecule has 3 N–H and O–H groups in total. The third kappa shape index (κ3) is 4.91. The van der Waals surface area contributed by atoms with Gasteiger partial charge in [0.2, 0.25) is 0 Å². The molecular formula is C22H31N7O3. The standard InChI is InChI=1S/C18H21N7O2.C4H10O/c1-19-15-9-14(23-16-12(17(26)20-2)10-21-25(15)16)22-13-7-4-8-24(18(13)27)11-5-3-6-11;1-4(2)5-3/h4,7-11,19H,3,5-6H2,1-2H3,(H,20,26)(H,22,23);4H,1-3H3. The summed E-state index contributed by atoms with van der Waals surface area (Å²) in [7, 11) is 5.01. The van der Waals surface area contributed by atoms with E-state index in [-0.39, 0.29) is 17.5 Å². The summed E-state index contributed by atoms with van der Waals surface area (Å²) < 4.78 is 8.07. The van der Waals surface area contributed by atoms with Crippen molar-refractivity contribution in [1.29, 1.82) is 0 Å². The molecule has 4 rings (SSSR count). The van der Waals surface area contributed by atoms with Crippen LogP contribution in [0.3, 0.4) is 0 Å². The average molecular weight is 442 g/mol. The number of ether oxygens (including phenoxy) is 1. The minimum atomic E-state index is -0.274. The van der Waals surface area contributed by atoms with Gasteiger partial charge in [0.25, 0.3) is 11.5 Å². The number of amides is 1. The molecule has 172 valence electrons. The van der Waals surface area contributed by atoms with Crippen LogP contribution in [-0.2, 0) is 4.74 Å². The molecule has 10 heteroatoms. The number of rotatable bonds is 6. The normalized spacial score (nSPS) is 13.3. The molecule has 1 amide bonds. The molecule has 3 aromatic rings. The molecule has 0 bridgehead atoms. The largest absolute Gasteiger partial charge is 0.382 e. The fraction of sp³-hybridized carbons (Fsp3) is 0.455. The monoisotopic (exact) mass is 441 g/mol. The van der Waals surface area contributed by atoms with Crippen molar-refractivity contribution in [2.45, 2.75) is 45.3 Å². The zero-order valence-electron chi connectivity index (χ0n) is 19.2. The summed E-state index contributed by atoms with van der Waals surface area (Å²) >= 11 is 0. The Hall–Kier alpha value is -3.40. The van der Waals surface area contributed by atoms with Crippen molar-refractivity contribution in [3.8, 4) is 0 Å². The second-order valence-corrected chi connectivity index (χ2v) is 7.78. The van der Waals surface area contributed by atoms with Crippen molar-refractivity contribution >= 4 is 28.9 Å². The van der Waals surface area contributed by atoms with Gasteiger partial charge < -0.3 is 25.3 Å². The maximum atomic E-state index is 12.8. The van der Waals surface area contributed by atoms with Crippen molar-refractivity contribution in [2.24, 2.45) is 0 Å². The van der Waals surface area contributed by atoms with E-state index in [0.29, 0.717) is 34.6 Å². The predicted molar refractivity (Wildman–Crippen MR) is 125 cm³/mol. The molecule has 32 heavy (non-hydrogen) atoms. The molecule has 0 aliphatic heterocycles. The van der Waals surface area contributed by atoms with E-state index < -0.39 is 0 Å². The van der Waals surface area contributed by atoms with E-state index in [2.05, 4.69) is 26.0 Å². The lowest BCUT2D eigenvalue weighted by Crippen LogP contribution is -2.29. The van der Waals surface area contributed by atoms with Crippen LogP contribution in [-0.4, -0.2) is 52.4 Å². The Labute approximate surface area is 187 Å². The van der Waals surface area contributed by atoms with Gasteiger partial charge in [-0.25, -0.2) is 4.98 Å². The number of aromatic nitrogens is 4. The molecule has 3 heterocycles. The molecule has 0 saturated heterocycles. The molecule has 1 aliphatic rings. The average Bonchev–Trinajstić information content (AvgIpc) is 3.18. The summed E-state index contributed by atoms with van der Waals surface area (Å²) in [6.45, 7) is 4.00. The Morgan fingerprint density at radius 2 is 2.00 bits per heavy atom. The first-order valence-corrected chi connectivity index (χ1v) is 10.7. The van der Waals surface area contributed by atoms with Crippen molar-refractivity contribution in [3.05, 3.63) is 46.5 Å². The van der Waals surface area contributed by atoms with Gasteiger partial charge in [-0.3, -0.25) is 9.59 Å². The van der Waals surface area contributed by atoms with E-state index in [0.717, 1.165) is 19.3 Å². The van der Waals surface area contributed by atoms with E-state index in [4.69, 9.17) is 4.74 Å². The van der Waals surface area contributed by atoms with E-state index in [1.165, 1.54) is 6.20 Å². The van der Waals surface area contributed by atoms with Gasteiger partial charge >= 0.3 is 0 Å². The van der Waals surface area contributed by atoms with E-state index >= 15 is 0 Å². The van der Waals surface area contributed by atoms with E-state index in [1.807, 2.05) is 26.1 Å². The van der Waals surface area contributed by atoms with Crippen LogP contribution in [0.4, 0.5) is 17.3 Å². The number of fused-ring (bicyclic) bond motifs is 1. The number of nitrogens with zero attached hydrogens (tertiary/aromatic N) is 4. The zero-order valence-corrected chi connectivity index (χ0v) is 19.2. The Kier molecular flexibility index (Phi) is 7.47. The van der Waals surface area contributed by atoms with Gasteiger partial charge in [0.15, 0.2) is 5.65 Å². The molecule has 3 aromatic heterocycles. The second-order valence-electron chi connectivity index (χ2n) is 7.78. The fourth-order valence-electron chi connectivity index (χ4n) is 3.20. The van der Waals surface area contributed by atoms with Crippen LogP contribution in [0, 0.1) is 0 Å². The van der Waals surface area contributed by atoms with Gasteiger partial charge in [0.1, 0.15) is 22.9 Å². The summed E-state index contributed by atoms with van der Waals surface area (Å²) in [5.74, 6) is 0.831. The van der Waals surface area contributed by atoms with Gasteiger partial charge in [-0.1, -0.05) is 0 Å². The van der Waals surface area contributed by atoms with Crippen molar-refractivity contribution in [1.82, 2.24) is 24.5 Å². The number of hydrogen-bond acceptors (Lipinski definition) is 7. The van der Waals surface area contributed by atoms with Gasteiger partial charge in [-0.2, -0.15) is 9.61 Å². The second kappa shape index (κ2) is 10.3. The van der Waals surface area contributed by atoms with Crippen LogP contribution in [0.5, 0.6) is 0 Å². The maximum absolute atomic E-state index is 12.8. The molecule has 1 saturated carbocycles. The fourth-order valence-corrected chi connectivity index (χ4v) is 3.20. The lowest BCUT2D eigenvalue weighted by molar-refractivity contribution is 0.0964. The lowest BCUT2D eigenvalue weighted by atomic mass is 9.93. The molecule has 0 radical (unpaired) electrons. The molecule has 0 unspecified atom stereocenters. The third-order valence-corrected chi connectivity index (χ3v) is 5.38. The summed E-state index contributed by atoms with van der Waals surface area (Å²) in [5, 5.41) is 12.9. The first kappa shape index (κ1) is 23.3. The number of hydrogen-bond donors (Lipinski definition) is 3. The highest BCUT2D eigenvalue weighted by Gasteiger charge is 2.21. The molecule has 1 aliphatic carbocycles. The first-order chi connectivity index (χ1) is 15.4. The number of carbonyl (C=O) groups is 1. The molecule has 0 spiro atoms. The van der Waals surface area contributed by atoms with Gasteiger partial charge in [-0.15, -0.1) is 0 Å². The number of anilines is 3. The number of pyridine rings is 1. The van der Waals surface area contributed by atoms with Crippen molar-refractivity contribution < 1.29 is 9.53 Å². The predicted octanol–water partition coefficient (Wildman–Crippen LogP) is 2.80. The minimum absolute atomic E-state index is 0.0742. The zero-order chi connectivity index (χ0) is 23.3. The van der Waals surface area contributed by atoms with Crippen LogP contribution in [0.25, 0.3) is 5.65 Å². The molecule has 0 atom stereocenters. The Balaban J connectivity index is 0.000000523. The number of methoxy groups -OCH3 is 1. The Bertz CT molecular complexity index is 1130. The quantitative estimate of drug-likeness (QED) is 0.539. The van der Waals surface area contributed by atoms with Gasteiger partial charge in [-0.05, 0) is 45.2 Å². The van der Waals surface area contributed by atoms with Crippen molar-refractivity contribution in [3.63, 3.8) is 0 Å². The first-order valence-electron chi connectivity index (χ1n) is 10.7. The summed E-state index contributed by atoms with van der Waals surface area (Å²) in [6, 6.07) is 5.61. The highest BCUT2D eigenvalue weighted by atomic mass is 16.5. The third-order valence-electron chi connectivity index (χ3n) is 5.38. The molecule has 0 aromatic carbocycles. The lowest BCUT2D eigenvalue weighted by Gasteiger charge is -2.27. The summed E-state index contributed by atoms with van der Waals surface area (Å²) in [6.07, 6.45) is 6.90. The molecular weight excluding hydrogens is 410 g/mol. The summed E-state index contributed by atoms with van der Waals surface area (Å²) in [4.78, 5) is 29.3. The molecule has 1 fully saturated rings. The maximum Gasteiger partial charge on any atom is 0.274 e. The van der Waals surface area contributed by atoms with Gasteiger partial charge in [0, 0.05) is 39.5 Å². The van der Waals surface area contributed by atoms with E-state index in [9.17, 15) is 9.59 Å². The van der Waals surface area contributed by atoms with Crippen LogP contribution in [0.1, 0.15) is 49.5 Å². The summed E-state index contributed by atoms with van der Waals surface area (Å²) in [5.41, 5.74) is 1.13. The van der Waals surface area contributed by atoms with Crippen LogP contribution >= 0.6 is 0 Å². The SMILES string of the molecule is CNC(=O)c1cnn2c(NC)cc(Nc3cccn(C4CCC4)c3=O)nc12.COC(C)C. The number of nitrogens with one attached hydrogen (secondary N) is 3. The topological polar surface area (TPSA) is 115 Å². The minimum Gasteiger partial charge on any atom is -0.382 e. The van der Waals surface area contributed by atoms with Gasteiger partial charge in [0.05, 0.1) is 12.3 Å². The molecule has 10 nitrogen and oxygen atoms in total. The van der Waals surface area contributed by atoms with E-state index in [1.54, 1.807) is 42.4 Å². The highest BCUT2D eigenvalue weighted by molar-refractivity contribution is 5.99. The van der Waals surface area contributed by atoms with Crippen LogP contribution < -0.4 is 21.5 Å². The Morgan fingerprint density at radius 1 is 1.28 bits per heavy atom. The Morgan fingerprint density at radius 3 is 2.56 bits per heavy atom. The van der Waals surface area contributed by atoms with Crippen LogP contribution in [0.2, 0.25) is 0 Å². The smallest absolute Gasteiger partial charge is 0.274 e. The van der Waals surface area contributed by atoms with Crippen molar-refractivity contribution in [2.75, 3.05) is 31.8 Å². The number of carbonyl (C=O) groups excluding carboxylic acids is 1.